The largest absolute Gasteiger partial charge is 0.427 e. The molecule has 7 rings (SSSR count). The number of nitro groups is 1. The summed E-state index contributed by atoms with van der Waals surface area (Å²) in [4.78, 5) is 25.0. The number of esters is 1. The summed E-state index contributed by atoms with van der Waals surface area (Å²) in [5, 5.41) is 11.9. The van der Waals surface area contributed by atoms with Gasteiger partial charge >= 0.3 is 5.97 Å². The lowest BCUT2D eigenvalue weighted by atomic mass is 9.56. The number of carbonyl (C=O) groups is 1. The van der Waals surface area contributed by atoms with Crippen molar-refractivity contribution in [2.24, 2.45) is 46.3 Å². The molecule has 6 aliphatic carbocycles. The van der Waals surface area contributed by atoms with Crippen molar-refractivity contribution in [3.63, 3.8) is 0 Å². The van der Waals surface area contributed by atoms with Crippen LogP contribution in [0.2, 0.25) is 0 Å². The molecule has 0 spiro atoms. The summed E-state index contributed by atoms with van der Waals surface area (Å²) in [6.45, 7) is 0.101. The minimum absolute atomic E-state index is 0.0468. The lowest BCUT2D eigenvalue weighted by Crippen LogP contribution is -2.41. The average molecular weight is 558 g/mol. The minimum Gasteiger partial charge on any atom is -0.427 e. The molecule has 7 unspecified atom stereocenters. The van der Waals surface area contributed by atoms with Gasteiger partial charge in [0.15, 0.2) is 0 Å². The molecule has 0 amide bonds. The van der Waals surface area contributed by atoms with Gasteiger partial charge in [0.2, 0.25) is 6.54 Å². The van der Waals surface area contributed by atoms with Crippen molar-refractivity contribution in [1.29, 1.82) is 0 Å². The van der Waals surface area contributed by atoms with Gasteiger partial charge in [-0.25, -0.2) is 0 Å². The van der Waals surface area contributed by atoms with Crippen LogP contribution < -0.4 is 4.74 Å². The predicted molar refractivity (Wildman–Crippen MR) is 160 cm³/mol. The number of allylic oxidation sites excluding steroid dienone is 4. The number of para-hydroxylation sites is 1. The molecule has 0 aromatic heterocycles. The highest BCUT2D eigenvalue weighted by Crippen LogP contribution is 2.71. The molecule has 5 nitrogen and oxygen atoms in total. The summed E-state index contributed by atoms with van der Waals surface area (Å²) in [5.41, 5.74) is 3.57. The number of fused-ring (bicyclic) bond motifs is 6. The van der Waals surface area contributed by atoms with Gasteiger partial charge in [-0.1, -0.05) is 60.8 Å². The van der Waals surface area contributed by atoms with Gasteiger partial charge in [-0.3, -0.25) is 14.9 Å². The Morgan fingerprint density at radius 2 is 1.49 bits per heavy atom. The molecule has 8 atom stereocenters. The highest BCUT2D eigenvalue weighted by Gasteiger charge is 2.63. The van der Waals surface area contributed by atoms with Crippen molar-refractivity contribution in [2.45, 2.75) is 103 Å². The SMILES string of the molecule is O=C(CCC1(CCC2(CC[N+](=O)[O-])C3CCCC=C3C3CCCCC32)C2CC=C2C2CCC[C@H]21)Oc1ccccc1. The molecule has 0 aliphatic heterocycles. The van der Waals surface area contributed by atoms with Gasteiger partial charge in [0.25, 0.3) is 0 Å². The summed E-state index contributed by atoms with van der Waals surface area (Å²) in [6, 6.07) is 9.48. The molecular weight excluding hydrogens is 510 g/mol. The van der Waals surface area contributed by atoms with E-state index in [4.69, 9.17) is 4.74 Å². The van der Waals surface area contributed by atoms with Crippen LogP contribution in [0.3, 0.4) is 0 Å². The zero-order chi connectivity index (χ0) is 28.0. The normalized spacial score (nSPS) is 38.5. The Morgan fingerprint density at radius 3 is 2.22 bits per heavy atom. The number of ether oxygens (including phenoxy) is 1. The smallest absolute Gasteiger partial charge is 0.311 e. The van der Waals surface area contributed by atoms with Gasteiger partial charge in [-0.15, -0.1) is 0 Å². The van der Waals surface area contributed by atoms with Crippen LogP contribution in [0.25, 0.3) is 0 Å². The number of nitrogens with zero attached hydrogens (tertiary/aromatic N) is 1. The van der Waals surface area contributed by atoms with Crippen LogP contribution in [0, 0.1) is 56.5 Å². The second-order valence-corrected chi connectivity index (χ2v) is 14.4. The Hall–Kier alpha value is -2.43. The topological polar surface area (TPSA) is 69.4 Å². The maximum absolute atomic E-state index is 13.2. The average Bonchev–Trinajstić information content (AvgIpc) is 3.60. The molecule has 0 saturated heterocycles. The molecule has 0 N–H and O–H groups in total. The van der Waals surface area contributed by atoms with Crippen molar-refractivity contribution < 1.29 is 14.5 Å². The van der Waals surface area contributed by atoms with Crippen LogP contribution in [-0.2, 0) is 4.79 Å². The van der Waals surface area contributed by atoms with Crippen molar-refractivity contribution >= 4 is 5.97 Å². The summed E-state index contributed by atoms with van der Waals surface area (Å²) < 4.78 is 5.78. The quantitative estimate of drug-likeness (QED) is 0.0948. The number of hydrogen-bond donors (Lipinski definition) is 0. The summed E-state index contributed by atoms with van der Waals surface area (Å²) in [6.07, 6.45) is 23.2. The van der Waals surface area contributed by atoms with Gasteiger partial charge < -0.3 is 4.74 Å². The Bertz CT molecular complexity index is 1220. The molecule has 0 heterocycles. The molecule has 1 aromatic carbocycles. The first-order valence-electron chi connectivity index (χ1n) is 16.8. The van der Waals surface area contributed by atoms with E-state index >= 15 is 0 Å². The monoisotopic (exact) mass is 557 g/mol. The number of rotatable bonds is 10. The van der Waals surface area contributed by atoms with E-state index in [2.05, 4.69) is 12.2 Å². The second kappa shape index (κ2) is 11.0. The molecule has 5 heteroatoms. The van der Waals surface area contributed by atoms with E-state index in [0.29, 0.717) is 47.7 Å². The van der Waals surface area contributed by atoms with E-state index in [0.717, 1.165) is 32.1 Å². The third-order valence-electron chi connectivity index (χ3n) is 13.1. The van der Waals surface area contributed by atoms with Crippen LogP contribution >= 0.6 is 0 Å². The molecule has 4 fully saturated rings. The van der Waals surface area contributed by atoms with E-state index in [1.165, 1.54) is 64.2 Å². The van der Waals surface area contributed by atoms with E-state index < -0.39 is 0 Å². The van der Waals surface area contributed by atoms with Gasteiger partial charge in [-0.05, 0) is 129 Å². The maximum atomic E-state index is 13.2. The van der Waals surface area contributed by atoms with Crippen molar-refractivity contribution in [1.82, 2.24) is 0 Å². The Labute approximate surface area is 245 Å². The number of carbonyl (C=O) groups excluding carboxylic acids is 1. The van der Waals surface area contributed by atoms with E-state index in [9.17, 15) is 14.9 Å². The fourth-order valence-corrected chi connectivity index (χ4v) is 11.5. The highest BCUT2D eigenvalue weighted by atomic mass is 16.6. The van der Waals surface area contributed by atoms with Gasteiger partial charge in [0.05, 0.1) is 0 Å². The lowest BCUT2D eigenvalue weighted by Gasteiger charge is -2.48. The molecule has 4 saturated carbocycles. The van der Waals surface area contributed by atoms with Gasteiger partial charge in [0, 0.05) is 17.8 Å². The third-order valence-corrected chi connectivity index (χ3v) is 13.1. The van der Waals surface area contributed by atoms with Crippen molar-refractivity contribution in [3.8, 4) is 5.75 Å². The zero-order valence-corrected chi connectivity index (χ0v) is 24.6. The van der Waals surface area contributed by atoms with Crippen molar-refractivity contribution in [3.05, 3.63) is 63.7 Å². The fraction of sp³-hybridized carbons (Fsp3) is 0.694. The summed E-state index contributed by atoms with van der Waals surface area (Å²) >= 11 is 0. The first-order valence-corrected chi connectivity index (χ1v) is 16.8. The van der Waals surface area contributed by atoms with E-state index in [-0.39, 0.29) is 28.3 Å². The summed E-state index contributed by atoms with van der Waals surface area (Å²) in [7, 11) is 0. The maximum Gasteiger partial charge on any atom is 0.311 e. The second-order valence-electron chi connectivity index (χ2n) is 14.4. The van der Waals surface area contributed by atoms with Crippen LogP contribution in [0.4, 0.5) is 0 Å². The first-order chi connectivity index (χ1) is 20.0. The predicted octanol–water partition coefficient (Wildman–Crippen LogP) is 8.71. The molecule has 0 radical (unpaired) electrons. The first kappa shape index (κ1) is 27.4. The third kappa shape index (κ3) is 4.61. The van der Waals surface area contributed by atoms with Crippen LogP contribution in [0.5, 0.6) is 5.75 Å². The zero-order valence-electron chi connectivity index (χ0n) is 24.6. The number of hydrogen-bond acceptors (Lipinski definition) is 4. The van der Waals surface area contributed by atoms with E-state index in [1.807, 2.05) is 30.3 Å². The fourth-order valence-electron chi connectivity index (χ4n) is 11.5. The van der Waals surface area contributed by atoms with Gasteiger partial charge in [-0.2, -0.15) is 0 Å². The van der Waals surface area contributed by atoms with Crippen LogP contribution in [0.15, 0.2) is 53.6 Å². The van der Waals surface area contributed by atoms with Crippen molar-refractivity contribution in [2.75, 3.05) is 6.54 Å². The molecule has 220 valence electrons. The number of benzene rings is 1. The minimum atomic E-state index is -0.115. The Balaban J connectivity index is 1.19. The molecule has 1 aromatic rings. The highest BCUT2D eigenvalue weighted by molar-refractivity contribution is 5.72. The van der Waals surface area contributed by atoms with Gasteiger partial charge in [0.1, 0.15) is 5.75 Å². The summed E-state index contributed by atoms with van der Waals surface area (Å²) in [5.74, 6) is 4.25. The lowest BCUT2D eigenvalue weighted by molar-refractivity contribution is -0.484. The molecule has 41 heavy (non-hydrogen) atoms. The Morgan fingerprint density at radius 1 is 0.805 bits per heavy atom. The van der Waals surface area contributed by atoms with E-state index in [1.54, 1.807) is 11.1 Å². The molecule has 0 bridgehead atoms. The van der Waals surface area contributed by atoms with Crippen LogP contribution in [0.1, 0.15) is 103 Å². The Kier molecular flexibility index (Phi) is 7.36. The standard InChI is InChI=1S/C36H47NO4/c38-34(41-25-9-2-1-3-10-25)19-20-35(32-16-8-13-28(32)29-17-18-33(29)35)21-22-36(23-24-37(39)40)30-14-6-4-11-26(30)27-12-5-7-15-31(27)36/h1-3,9-11,17,27-28,30-33H,4-8,12-16,18-24H2/t27?,28?,30?,31?,32-,33?,35?,36?/m1/s1. The van der Waals surface area contributed by atoms with Crippen LogP contribution in [-0.4, -0.2) is 17.4 Å². The molecule has 6 aliphatic rings. The molecular formula is C36H47NO4.